The van der Waals surface area contributed by atoms with Gasteiger partial charge in [0.2, 0.25) is 0 Å². The topological polar surface area (TPSA) is 65.6 Å². The van der Waals surface area contributed by atoms with E-state index in [0.717, 1.165) is 32.7 Å². The number of aromatic nitrogens is 2. The van der Waals surface area contributed by atoms with Crippen LogP contribution in [0.5, 0.6) is 5.75 Å². The summed E-state index contributed by atoms with van der Waals surface area (Å²) < 4.78 is 5.32. The van der Waals surface area contributed by atoms with Crippen LogP contribution in [0.4, 0.5) is 0 Å². The number of benzene rings is 1. The first kappa shape index (κ1) is 13.1. The van der Waals surface area contributed by atoms with Crippen LogP contribution in [0, 0.1) is 0 Å². The Morgan fingerprint density at radius 2 is 2.05 bits per heavy atom. The first-order chi connectivity index (χ1) is 10.2. The Bertz CT molecular complexity index is 667. The molecule has 5 rings (SSSR count). The summed E-state index contributed by atoms with van der Waals surface area (Å²) in [6, 6.07) is 4.95. The third-order valence-electron chi connectivity index (χ3n) is 4.21. The number of phenolic OH excluding ortho intramolecular Hbond substituents is 1. The molecule has 4 heterocycles. The second-order valence-electron chi connectivity index (χ2n) is 5.47. The maximum absolute atomic E-state index is 9.91. The third kappa shape index (κ3) is 2.29. The molecule has 0 saturated carbocycles. The highest BCUT2D eigenvalue weighted by Gasteiger charge is 2.35. The van der Waals surface area contributed by atoms with Gasteiger partial charge >= 0.3 is 0 Å². The average molecular weight is 307 g/mol. The number of piperazine rings is 3. The van der Waals surface area contributed by atoms with E-state index in [1.54, 1.807) is 12.1 Å². The van der Waals surface area contributed by atoms with E-state index in [-0.39, 0.29) is 11.8 Å². The highest BCUT2D eigenvalue weighted by molar-refractivity contribution is 6.30. The molecule has 2 bridgehead atoms. The lowest BCUT2D eigenvalue weighted by atomic mass is 10.1. The van der Waals surface area contributed by atoms with Gasteiger partial charge in [0, 0.05) is 37.7 Å². The quantitative estimate of drug-likeness (QED) is 0.912. The second kappa shape index (κ2) is 4.98. The van der Waals surface area contributed by atoms with Crippen molar-refractivity contribution in [2.45, 2.75) is 6.04 Å². The molecule has 0 amide bonds. The summed E-state index contributed by atoms with van der Waals surface area (Å²) in [5.74, 6) is 1.07. The average Bonchev–Trinajstić information content (AvgIpc) is 3.00. The minimum absolute atomic E-state index is 0.0869. The van der Waals surface area contributed by atoms with E-state index in [1.165, 1.54) is 6.07 Å². The van der Waals surface area contributed by atoms with Crippen molar-refractivity contribution in [2.75, 3.05) is 32.7 Å². The first-order valence-corrected chi connectivity index (χ1v) is 7.37. The Labute approximate surface area is 126 Å². The van der Waals surface area contributed by atoms with Crippen molar-refractivity contribution in [3.8, 4) is 17.2 Å². The largest absolute Gasteiger partial charge is 0.507 e. The molecule has 0 spiro atoms. The van der Waals surface area contributed by atoms with Crippen molar-refractivity contribution in [1.29, 1.82) is 0 Å². The van der Waals surface area contributed by atoms with Gasteiger partial charge in [-0.2, -0.15) is 4.98 Å². The third-order valence-corrected chi connectivity index (χ3v) is 4.44. The molecule has 21 heavy (non-hydrogen) atoms. The summed E-state index contributed by atoms with van der Waals surface area (Å²) in [6.07, 6.45) is 0. The van der Waals surface area contributed by atoms with Crippen molar-refractivity contribution in [2.24, 2.45) is 0 Å². The molecule has 2 aromatic rings. The zero-order valence-corrected chi connectivity index (χ0v) is 12.1. The fourth-order valence-electron chi connectivity index (χ4n) is 3.02. The van der Waals surface area contributed by atoms with E-state index in [4.69, 9.17) is 16.1 Å². The molecule has 3 fully saturated rings. The van der Waals surface area contributed by atoms with Crippen LogP contribution in [0.2, 0.25) is 5.02 Å². The SMILES string of the molecule is Oc1ccc(Cl)cc1-c1nc(C2CN3CCN2CC3)no1. The number of rotatable bonds is 2. The Kier molecular flexibility index (Phi) is 3.10. The monoisotopic (exact) mass is 306 g/mol. The summed E-state index contributed by atoms with van der Waals surface area (Å²) >= 11 is 5.96. The summed E-state index contributed by atoms with van der Waals surface area (Å²) in [4.78, 5) is 9.26. The van der Waals surface area contributed by atoms with E-state index in [0.29, 0.717) is 22.3 Å². The maximum atomic E-state index is 9.91. The predicted octanol–water partition coefficient (Wildman–Crippen LogP) is 1.77. The van der Waals surface area contributed by atoms with Crippen LogP contribution in [0.25, 0.3) is 11.5 Å². The van der Waals surface area contributed by atoms with Gasteiger partial charge in [0.15, 0.2) is 5.82 Å². The lowest BCUT2D eigenvalue weighted by Crippen LogP contribution is -2.57. The molecule has 110 valence electrons. The van der Waals surface area contributed by atoms with E-state index in [9.17, 15) is 5.11 Å². The summed E-state index contributed by atoms with van der Waals surface area (Å²) in [5.41, 5.74) is 0.470. The van der Waals surface area contributed by atoms with Gasteiger partial charge in [-0.25, -0.2) is 0 Å². The molecule has 6 nitrogen and oxygen atoms in total. The van der Waals surface area contributed by atoms with Crippen molar-refractivity contribution < 1.29 is 9.63 Å². The minimum Gasteiger partial charge on any atom is -0.507 e. The van der Waals surface area contributed by atoms with Gasteiger partial charge in [-0.05, 0) is 18.2 Å². The summed E-state index contributed by atoms with van der Waals surface area (Å²) in [7, 11) is 0. The van der Waals surface area contributed by atoms with Gasteiger partial charge in [-0.1, -0.05) is 16.8 Å². The molecular weight excluding hydrogens is 292 g/mol. The Morgan fingerprint density at radius 3 is 2.76 bits per heavy atom. The standard InChI is InChI=1S/C14H15ClN4O2/c15-9-1-2-12(20)10(7-9)14-16-13(17-21-14)11-8-18-3-5-19(11)6-4-18/h1-2,7,11,20H,3-6,8H2. The highest BCUT2D eigenvalue weighted by atomic mass is 35.5. The van der Waals surface area contributed by atoms with E-state index >= 15 is 0 Å². The molecule has 3 aliphatic heterocycles. The van der Waals surface area contributed by atoms with Gasteiger partial charge in [-0.15, -0.1) is 0 Å². The number of halogens is 1. The number of phenols is 1. The highest BCUT2D eigenvalue weighted by Crippen LogP contribution is 2.33. The molecule has 1 atom stereocenters. The fraction of sp³-hybridized carbons (Fsp3) is 0.429. The Morgan fingerprint density at radius 1 is 1.24 bits per heavy atom. The lowest BCUT2D eigenvalue weighted by Gasteiger charge is -2.46. The summed E-state index contributed by atoms with van der Waals surface area (Å²) in [5, 5.41) is 14.5. The van der Waals surface area contributed by atoms with Crippen molar-refractivity contribution in [3.05, 3.63) is 29.0 Å². The van der Waals surface area contributed by atoms with E-state index in [1.807, 2.05) is 0 Å². The number of hydrogen-bond acceptors (Lipinski definition) is 6. The molecule has 0 aliphatic carbocycles. The van der Waals surface area contributed by atoms with Crippen LogP contribution in [0.1, 0.15) is 11.9 Å². The van der Waals surface area contributed by atoms with E-state index < -0.39 is 0 Å². The molecule has 1 aromatic carbocycles. The Hall–Kier alpha value is -1.63. The smallest absolute Gasteiger partial charge is 0.261 e. The van der Waals surface area contributed by atoms with Gasteiger partial charge in [0.25, 0.3) is 5.89 Å². The van der Waals surface area contributed by atoms with Gasteiger partial charge < -0.3 is 9.63 Å². The minimum atomic E-state index is 0.0869. The number of nitrogens with zero attached hydrogens (tertiary/aromatic N) is 4. The molecular formula is C14H15ClN4O2. The number of fused-ring (bicyclic) bond motifs is 3. The van der Waals surface area contributed by atoms with Crippen LogP contribution in [-0.2, 0) is 0 Å². The normalized spacial score (nSPS) is 28.0. The van der Waals surface area contributed by atoms with E-state index in [2.05, 4.69) is 19.9 Å². The maximum Gasteiger partial charge on any atom is 0.261 e. The van der Waals surface area contributed by atoms with Gasteiger partial charge in [0.1, 0.15) is 5.75 Å². The molecule has 3 saturated heterocycles. The Balaban J connectivity index is 1.65. The molecule has 3 aliphatic rings. The summed E-state index contributed by atoms with van der Waals surface area (Å²) in [6.45, 7) is 5.22. The molecule has 7 heteroatoms. The van der Waals surface area contributed by atoms with Crippen molar-refractivity contribution >= 4 is 11.6 Å². The second-order valence-corrected chi connectivity index (χ2v) is 5.91. The molecule has 1 N–H and O–H groups in total. The van der Waals surface area contributed by atoms with Crippen LogP contribution in [0.3, 0.4) is 0 Å². The molecule has 1 aromatic heterocycles. The van der Waals surface area contributed by atoms with Gasteiger partial charge in [-0.3, -0.25) is 9.80 Å². The van der Waals surface area contributed by atoms with Crippen LogP contribution >= 0.6 is 11.6 Å². The first-order valence-electron chi connectivity index (χ1n) is 6.99. The fourth-order valence-corrected chi connectivity index (χ4v) is 3.19. The van der Waals surface area contributed by atoms with Crippen LogP contribution in [0.15, 0.2) is 22.7 Å². The van der Waals surface area contributed by atoms with Crippen molar-refractivity contribution in [1.82, 2.24) is 19.9 Å². The van der Waals surface area contributed by atoms with Gasteiger partial charge in [0.05, 0.1) is 11.6 Å². The number of hydrogen-bond donors (Lipinski definition) is 1. The van der Waals surface area contributed by atoms with Crippen LogP contribution in [-0.4, -0.2) is 57.8 Å². The molecule has 1 unspecified atom stereocenters. The van der Waals surface area contributed by atoms with Crippen molar-refractivity contribution in [3.63, 3.8) is 0 Å². The van der Waals surface area contributed by atoms with Crippen LogP contribution < -0.4 is 0 Å². The zero-order valence-electron chi connectivity index (χ0n) is 11.4. The predicted molar refractivity (Wildman–Crippen MR) is 77.2 cm³/mol. The number of aromatic hydroxyl groups is 1. The lowest BCUT2D eigenvalue weighted by molar-refractivity contribution is 0.00781. The molecule has 0 radical (unpaired) electrons. The zero-order chi connectivity index (χ0) is 14.4.